The molecule has 0 aliphatic rings. The smallest absolute Gasteiger partial charge is 0.336 e. The Morgan fingerprint density at radius 1 is 1.06 bits per heavy atom. The highest BCUT2D eigenvalue weighted by molar-refractivity contribution is 5.85. The molecule has 4 aromatic rings. The number of allylic oxidation sites excluding steroid dienone is 1. The van der Waals surface area contributed by atoms with Crippen LogP contribution in [0.25, 0.3) is 11.0 Å². The average Bonchev–Trinajstić information content (AvgIpc) is 2.80. The lowest BCUT2D eigenvalue weighted by atomic mass is 10.2. The number of hydrogen-bond donors (Lipinski definition) is 3. The number of aromatic hydroxyl groups is 1. The van der Waals surface area contributed by atoms with Crippen molar-refractivity contribution in [2.24, 2.45) is 10.2 Å². The Morgan fingerprint density at radius 3 is 2.49 bits per heavy atom. The maximum Gasteiger partial charge on any atom is 0.336 e. The number of nitrogens with zero attached hydrogens (tertiary/aromatic N) is 3. The van der Waals surface area contributed by atoms with Crippen LogP contribution in [0.4, 0.5) is 23.0 Å². The standard InChI is InChI=1S/C14H14O4.C11H11N5.ClH/c1-9(2)5-6-17-13-8-12-10(7-11(13)15)3-4-14(16)18-12;12-10-7-6-9(11(13)14-10)16-15-8-4-2-1-3-5-8;/h3-5,7-8,15H,6H2,1-2H3;1-7H,(H4,12,13,14);1H. The molecule has 4 rings (SSSR count). The minimum atomic E-state index is -0.427. The topological polar surface area (TPSA) is 149 Å². The van der Waals surface area contributed by atoms with E-state index >= 15 is 0 Å². The van der Waals surface area contributed by atoms with Crippen molar-refractivity contribution in [3.8, 4) is 11.5 Å². The average molecular weight is 496 g/mol. The number of rotatable bonds is 5. The quantitative estimate of drug-likeness (QED) is 0.176. The van der Waals surface area contributed by atoms with E-state index in [1.54, 1.807) is 18.2 Å². The molecule has 35 heavy (non-hydrogen) atoms. The minimum Gasteiger partial charge on any atom is -0.504 e. The van der Waals surface area contributed by atoms with Crippen LogP contribution < -0.4 is 21.8 Å². The minimum absolute atomic E-state index is 0. The van der Waals surface area contributed by atoms with Crippen molar-refractivity contribution < 1.29 is 14.3 Å². The number of aromatic nitrogens is 1. The lowest BCUT2D eigenvalue weighted by molar-refractivity contribution is 0.335. The molecular formula is C25H26ClN5O4. The van der Waals surface area contributed by atoms with Crippen LogP contribution in [0.15, 0.2) is 97.8 Å². The zero-order chi connectivity index (χ0) is 24.5. The summed E-state index contributed by atoms with van der Waals surface area (Å²) < 4.78 is 10.4. The van der Waals surface area contributed by atoms with Crippen LogP contribution in [0.2, 0.25) is 0 Å². The zero-order valence-corrected chi connectivity index (χ0v) is 20.0. The molecule has 0 fully saturated rings. The normalized spacial score (nSPS) is 10.2. The van der Waals surface area contributed by atoms with Gasteiger partial charge in [-0.2, -0.15) is 5.11 Å². The molecule has 5 N–H and O–H groups in total. The summed E-state index contributed by atoms with van der Waals surface area (Å²) in [6.45, 7) is 4.28. The van der Waals surface area contributed by atoms with Gasteiger partial charge in [0.25, 0.3) is 0 Å². The third-order valence-corrected chi connectivity index (χ3v) is 4.38. The Hall–Kier alpha value is -4.37. The number of halogens is 1. The molecule has 0 aliphatic heterocycles. The molecule has 0 spiro atoms. The first-order valence-electron chi connectivity index (χ1n) is 10.3. The number of fused-ring (bicyclic) bond motifs is 1. The SMILES string of the molecule is CC(C)=CCOc1cc2oc(=O)ccc2cc1O.Cl.Nc1ccc(N=Nc2ccccc2)c(N)n1. The fourth-order valence-corrected chi connectivity index (χ4v) is 2.67. The second-order valence-corrected chi connectivity index (χ2v) is 7.38. The van der Waals surface area contributed by atoms with Crippen molar-refractivity contribution in [3.63, 3.8) is 0 Å². The molecule has 0 radical (unpaired) electrons. The summed E-state index contributed by atoms with van der Waals surface area (Å²) in [5.74, 6) is 0.976. The van der Waals surface area contributed by atoms with Gasteiger partial charge in [0.2, 0.25) is 0 Å². The Kier molecular flexibility index (Phi) is 9.80. The second-order valence-electron chi connectivity index (χ2n) is 7.38. The number of nitrogen functional groups attached to an aromatic ring is 2. The highest BCUT2D eigenvalue weighted by Crippen LogP contribution is 2.30. The first kappa shape index (κ1) is 26.9. The number of phenols is 1. The summed E-state index contributed by atoms with van der Waals surface area (Å²) in [5, 5.41) is 18.5. The van der Waals surface area contributed by atoms with Gasteiger partial charge in [-0.1, -0.05) is 23.8 Å². The van der Waals surface area contributed by atoms with E-state index in [2.05, 4.69) is 15.2 Å². The van der Waals surface area contributed by atoms with Gasteiger partial charge in [-0.3, -0.25) is 0 Å². The predicted molar refractivity (Wildman–Crippen MR) is 140 cm³/mol. The molecule has 9 nitrogen and oxygen atoms in total. The van der Waals surface area contributed by atoms with E-state index < -0.39 is 5.63 Å². The molecule has 0 saturated carbocycles. The summed E-state index contributed by atoms with van der Waals surface area (Å²) in [5.41, 5.74) is 13.5. The lowest BCUT2D eigenvalue weighted by Gasteiger charge is -2.07. The lowest BCUT2D eigenvalue weighted by Crippen LogP contribution is -1.97. The van der Waals surface area contributed by atoms with Crippen LogP contribution in [-0.2, 0) is 0 Å². The van der Waals surface area contributed by atoms with Gasteiger partial charge >= 0.3 is 5.63 Å². The Labute approximate surface area is 208 Å². The highest BCUT2D eigenvalue weighted by atomic mass is 35.5. The Morgan fingerprint density at radius 2 is 1.80 bits per heavy atom. The van der Waals surface area contributed by atoms with Crippen LogP contribution in [0.5, 0.6) is 11.5 Å². The number of anilines is 2. The molecule has 0 amide bonds. The summed E-state index contributed by atoms with van der Waals surface area (Å²) in [4.78, 5) is 15.0. The van der Waals surface area contributed by atoms with E-state index in [1.807, 2.05) is 50.3 Å². The van der Waals surface area contributed by atoms with Gasteiger partial charge in [0, 0.05) is 17.5 Å². The molecule has 0 saturated heterocycles. The molecule has 0 bridgehead atoms. The van der Waals surface area contributed by atoms with E-state index in [1.165, 1.54) is 18.2 Å². The Balaban J connectivity index is 0.000000241. The van der Waals surface area contributed by atoms with Gasteiger partial charge < -0.3 is 25.7 Å². The first-order valence-corrected chi connectivity index (χ1v) is 10.3. The summed E-state index contributed by atoms with van der Waals surface area (Å²) in [6.07, 6.45) is 1.89. The van der Waals surface area contributed by atoms with Crippen molar-refractivity contribution in [1.29, 1.82) is 0 Å². The molecular weight excluding hydrogens is 470 g/mol. The molecule has 0 atom stereocenters. The number of nitrogens with two attached hydrogens (primary N) is 2. The van der Waals surface area contributed by atoms with Crippen LogP contribution in [0.3, 0.4) is 0 Å². The molecule has 10 heteroatoms. The third-order valence-electron chi connectivity index (χ3n) is 4.38. The highest BCUT2D eigenvalue weighted by Gasteiger charge is 2.06. The van der Waals surface area contributed by atoms with Gasteiger partial charge in [-0.05, 0) is 56.3 Å². The summed E-state index contributed by atoms with van der Waals surface area (Å²) in [6, 6.07) is 18.7. The van der Waals surface area contributed by atoms with Crippen molar-refractivity contribution in [2.45, 2.75) is 13.8 Å². The molecule has 0 aliphatic carbocycles. The Bertz CT molecular complexity index is 1380. The van der Waals surface area contributed by atoms with Crippen molar-refractivity contribution in [3.05, 3.63) is 88.8 Å². The fraction of sp³-hybridized carbons (Fsp3) is 0.120. The van der Waals surface area contributed by atoms with Gasteiger partial charge in [0.05, 0.1) is 5.69 Å². The number of ether oxygens (including phenoxy) is 1. The largest absolute Gasteiger partial charge is 0.504 e. The first-order chi connectivity index (χ1) is 16.3. The van der Waals surface area contributed by atoms with Gasteiger partial charge in [-0.15, -0.1) is 17.5 Å². The van der Waals surface area contributed by atoms with Crippen molar-refractivity contribution >= 4 is 46.4 Å². The molecule has 2 aromatic heterocycles. The van der Waals surface area contributed by atoms with E-state index in [4.69, 9.17) is 20.6 Å². The van der Waals surface area contributed by atoms with E-state index in [0.717, 1.165) is 11.3 Å². The van der Waals surface area contributed by atoms with E-state index in [0.29, 0.717) is 34.8 Å². The fourth-order valence-electron chi connectivity index (χ4n) is 2.67. The van der Waals surface area contributed by atoms with Gasteiger partial charge in [0.1, 0.15) is 23.7 Å². The van der Waals surface area contributed by atoms with Crippen LogP contribution in [-0.4, -0.2) is 16.7 Å². The summed E-state index contributed by atoms with van der Waals surface area (Å²) >= 11 is 0. The molecule has 0 unspecified atom stereocenters. The molecule has 2 heterocycles. The summed E-state index contributed by atoms with van der Waals surface area (Å²) in [7, 11) is 0. The number of azo groups is 1. The van der Waals surface area contributed by atoms with Crippen LogP contribution >= 0.6 is 12.4 Å². The van der Waals surface area contributed by atoms with Crippen LogP contribution in [0.1, 0.15) is 13.8 Å². The zero-order valence-electron chi connectivity index (χ0n) is 19.2. The number of benzene rings is 2. The number of phenolic OH excluding ortho intramolecular Hbond substituents is 1. The van der Waals surface area contributed by atoms with Crippen molar-refractivity contribution in [2.75, 3.05) is 18.1 Å². The van der Waals surface area contributed by atoms with Crippen LogP contribution in [0, 0.1) is 0 Å². The maximum atomic E-state index is 11.1. The maximum absolute atomic E-state index is 11.1. The molecule has 2 aromatic carbocycles. The van der Waals surface area contributed by atoms with E-state index in [9.17, 15) is 9.90 Å². The predicted octanol–water partition coefficient (Wildman–Crippen LogP) is 5.93. The monoisotopic (exact) mass is 495 g/mol. The van der Waals surface area contributed by atoms with E-state index in [-0.39, 0.29) is 24.0 Å². The number of hydrogen-bond acceptors (Lipinski definition) is 9. The molecule has 182 valence electrons. The van der Waals surface area contributed by atoms with Crippen molar-refractivity contribution in [1.82, 2.24) is 4.98 Å². The second kappa shape index (κ2) is 12.8. The third kappa shape index (κ3) is 8.17. The van der Waals surface area contributed by atoms with Gasteiger partial charge in [-0.25, -0.2) is 9.78 Å². The number of pyridine rings is 1. The van der Waals surface area contributed by atoms with Gasteiger partial charge in [0.15, 0.2) is 17.3 Å².